The predicted octanol–water partition coefficient (Wildman–Crippen LogP) is 7.35. The normalized spacial score (nSPS) is 14.6. The molecular formula is C26H30ClF3N4O4S2. The van der Waals surface area contributed by atoms with E-state index in [9.17, 15) is 21.6 Å². The second kappa shape index (κ2) is 13.2. The molecule has 1 aromatic carbocycles. The molecule has 8 nitrogen and oxygen atoms in total. The number of rotatable bonds is 6. The standard InChI is InChI=1S/C24H29ClN4O2S2.C2HF3O2/c1-15-10-11-18(13-21(15)33(30,31)29-20-12-16(2)23(25)26-14-20)22-17(3)27-24(32-22)28-19-8-6-4-5-7-9-19;3-2(4,5)1(6)7/h10-14,19,29H,4-9H2,1-3H3,(H,27,28);(H,6,7). The molecule has 2 aromatic heterocycles. The van der Waals surface area contributed by atoms with Gasteiger partial charge in [-0.3, -0.25) is 4.72 Å². The van der Waals surface area contributed by atoms with Crippen LogP contribution < -0.4 is 10.0 Å². The van der Waals surface area contributed by atoms with E-state index in [1.54, 1.807) is 37.3 Å². The van der Waals surface area contributed by atoms with E-state index < -0.39 is 22.2 Å². The van der Waals surface area contributed by atoms with Gasteiger partial charge in [-0.25, -0.2) is 23.2 Å². The van der Waals surface area contributed by atoms with Crippen LogP contribution in [-0.4, -0.2) is 41.7 Å². The Morgan fingerprint density at radius 1 is 1.07 bits per heavy atom. The fourth-order valence-corrected chi connectivity index (χ4v) is 6.63. The Morgan fingerprint density at radius 2 is 1.70 bits per heavy atom. The zero-order valence-corrected chi connectivity index (χ0v) is 24.5. The number of anilines is 2. The van der Waals surface area contributed by atoms with Gasteiger partial charge in [0.15, 0.2) is 5.13 Å². The maximum Gasteiger partial charge on any atom is 0.490 e. The average molecular weight is 619 g/mol. The first-order chi connectivity index (χ1) is 18.7. The van der Waals surface area contributed by atoms with E-state index in [0.717, 1.165) is 21.3 Å². The topological polar surface area (TPSA) is 121 Å². The van der Waals surface area contributed by atoms with Crippen LogP contribution in [0.1, 0.15) is 55.3 Å². The van der Waals surface area contributed by atoms with Gasteiger partial charge in [0.05, 0.1) is 27.4 Å². The van der Waals surface area contributed by atoms with Crippen LogP contribution in [-0.2, 0) is 14.8 Å². The molecule has 1 aliphatic rings. The lowest BCUT2D eigenvalue weighted by Gasteiger charge is -2.14. The van der Waals surface area contributed by atoms with Gasteiger partial charge in [-0.15, -0.1) is 0 Å². The number of halogens is 4. The summed E-state index contributed by atoms with van der Waals surface area (Å²) in [6.45, 7) is 5.55. The van der Waals surface area contributed by atoms with Crippen molar-refractivity contribution in [3.8, 4) is 10.4 Å². The van der Waals surface area contributed by atoms with Crippen molar-refractivity contribution in [1.82, 2.24) is 9.97 Å². The number of alkyl halides is 3. The molecule has 0 amide bonds. The quantitative estimate of drug-likeness (QED) is 0.195. The van der Waals surface area contributed by atoms with Crippen molar-refractivity contribution in [2.45, 2.75) is 76.4 Å². The minimum Gasteiger partial charge on any atom is -0.475 e. The minimum absolute atomic E-state index is 0.235. The van der Waals surface area contributed by atoms with E-state index in [1.165, 1.54) is 44.7 Å². The molecule has 2 heterocycles. The number of aliphatic carboxylic acids is 1. The smallest absolute Gasteiger partial charge is 0.475 e. The fraction of sp³-hybridized carbons (Fsp3) is 0.423. The molecule has 3 aromatic rings. The van der Waals surface area contributed by atoms with Crippen molar-refractivity contribution in [3.63, 3.8) is 0 Å². The Labute approximate surface area is 240 Å². The van der Waals surface area contributed by atoms with Gasteiger partial charge in [0, 0.05) is 6.04 Å². The summed E-state index contributed by atoms with van der Waals surface area (Å²) in [5, 5.41) is 12.0. The Morgan fingerprint density at radius 3 is 2.27 bits per heavy atom. The number of carboxylic acid groups (broad SMARTS) is 1. The molecule has 1 saturated carbocycles. The number of aryl methyl sites for hydroxylation is 3. The third kappa shape index (κ3) is 8.55. The molecule has 0 saturated heterocycles. The van der Waals surface area contributed by atoms with Crippen LogP contribution in [0.4, 0.5) is 24.0 Å². The SMILES string of the molecule is Cc1ccc(-c2sc(NC3CCCCCC3)nc2C)cc1S(=O)(=O)Nc1cnc(Cl)c(C)c1.O=C(O)C(F)(F)F. The number of carbonyl (C=O) groups is 1. The number of nitrogens with one attached hydrogen (secondary N) is 2. The van der Waals surface area contributed by atoms with Crippen LogP contribution in [0.25, 0.3) is 10.4 Å². The second-order valence-electron chi connectivity index (χ2n) is 9.49. The zero-order valence-electron chi connectivity index (χ0n) is 22.1. The van der Waals surface area contributed by atoms with Crippen LogP contribution in [0.15, 0.2) is 35.4 Å². The Kier molecular flexibility index (Phi) is 10.4. The average Bonchev–Trinajstić information content (AvgIpc) is 3.04. The van der Waals surface area contributed by atoms with E-state index in [0.29, 0.717) is 28.0 Å². The largest absolute Gasteiger partial charge is 0.490 e. The highest BCUT2D eigenvalue weighted by molar-refractivity contribution is 7.92. The number of carboxylic acids is 1. The van der Waals surface area contributed by atoms with Gasteiger partial charge in [-0.05, 0) is 62.4 Å². The number of sulfonamides is 1. The third-order valence-electron chi connectivity index (χ3n) is 6.23. The van der Waals surface area contributed by atoms with Crippen LogP contribution in [0.2, 0.25) is 5.15 Å². The van der Waals surface area contributed by atoms with Crippen molar-refractivity contribution in [3.05, 3.63) is 52.4 Å². The summed E-state index contributed by atoms with van der Waals surface area (Å²) in [6, 6.07) is 7.65. The van der Waals surface area contributed by atoms with Crippen molar-refractivity contribution in [2.24, 2.45) is 0 Å². The van der Waals surface area contributed by atoms with Gasteiger partial charge in [0.2, 0.25) is 0 Å². The molecule has 0 aliphatic heterocycles. The van der Waals surface area contributed by atoms with E-state index >= 15 is 0 Å². The zero-order chi connectivity index (χ0) is 29.7. The van der Waals surface area contributed by atoms with Gasteiger partial charge in [-0.1, -0.05) is 60.8 Å². The van der Waals surface area contributed by atoms with Gasteiger partial charge < -0.3 is 10.4 Å². The van der Waals surface area contributed by atoms with Crippen LogP contribution in [0.3, 0.4) is 0 Å². The number of thiazole rings is 1. The lowest BCUT2D eigenvalue weighted by atomic mass is 10.1. The Bertz CT molecular complexity index is 1450. The summed E-state index contributed by atoms with van der Waals surface area (Å²) in [5.74, 6) is -2.76. The van der Waals surface area contributed by atoms with E-state index in [-0.39, 0.29) is 4.90 Å². The molecular weight excluding hydrogens is 589 g/mol. The van der Waals surface area contributed by atoms with E-state index in [2.05, 4.69) is 15.0 Å². The monoisotopic (exact) mass is 618 g/mol. The van der Waals surface area contributed by atoms with Gasteiger partial charge in [-0.2, -0.15) is 13.2 Å². The van der Waals surface area contributed by atoms with Crippen molar-refractivity contribution in [2.75, 3.05) is 10.0 Å². The van der Waals surface area contributed by atoms with Gasteiger partial charge in [0.1, 0.15) is 5.15 Å². The summed E-state index contributed by atoms with van der Waals surface area (Å²) in [4.78, 5) is 18.9. The van der Waals surface area contributed by atoms with Crippen molar-refractivity contribution < 1.29 is 31.5 Å². The molecule has 40 heavy (non-hydrogen) atoms. The molecule has 4 rings (SSSR count). The first-order valence-electron chi connectivity index (χ1n) is 12.5. The summed E-state index contributed by atoms with van der Waals surface area (Å²) in [7, 11) is -3.80. The molecule has 218 valence electrons. The van der Waals surface area contributed by atoms with E-state index in [1.807, 2.05) is 19.1 Å². The summed E-state index contributed by atoms with van der Waals surface area (Å²) < 4.78 is 60.7. The Balaban J connectivity index is 0.000000559. The van der Waals surface area contributed by atoms with Crippen LogP contribution in [0.5, 0.6) is 0 Å². The maximum absolute atomic E-state index is 13.2. The summed E-state index contributed by atoms with van der Waals surface area (Å²) >= 11 is 7.55. The third-order valence-corrected chi connectivity index (χ3v) is 9.29. The molecule has 14 heteroatoms. The summed E-state index contributed by atoms with van der Waals surface area (Å²) in [6.07, 6.45) is 3.80. The molecule has 0 bridgehead atoms. The Hall–Kier alpha value is -2.90. The van der Waals surface area contributed by atoms with Gasteiger partial charge in [0.25, 0.3) is 10.0 Å². The maximum atomic E-state index is 13.2. The molecule has 1 aliphatic carbocycles. The fourth-order valence-electron chi connectivity index (χ4n) is 4.18. The van der Waals surface area contributed by atoms with Crippen LogP contribution in [0, 0.1) is 20.8 Å². The molecule has 0 atom stereocenters. The highest BCUT2D eigenvalue weighted by atomic mass is 35.5. The lowest BCUT2D eigenvalue weighted by molar-refractivity contribution is -0.192. The predicted molar refractivity (Wildman–Crippen MR) is 151 cm³/mol. The summed E-state index contributed by atoms with van der Waals surface area (Å²) in [5.41, 5.74) is 3.50. The highest BCUT2D eigenvalue weighted by Gasteiger charge is 2.38. The number of hydrogen-bond donors (Lipinski definition) is 3. The number of aromatic nitrogens is 2. The molecule has 0 radical (unpaired) electrons. The molecule has 1 fully saturated rings. The molecule has 0 unspecified atom stereocenters. The van der Waals surface area contributed by atoms with Crippen molar-refractivity contribution >= 4 is 49.7 Å². The number of benzene rings is 1. The first kappa shape index (κ1) is 31.6. The van der Waals surface area contributed by atoms with Gasteiger partial charge >= 0.3 is 12.1 Å². The molecule has 3 N–H and O–H groups in total. The number of hydrogen-bond acceptors (Lipinski definition) is 7. The van der Waals surface area contributed by atoms with E-state index in [4.69, 9.17) is 26.5 Å². The highest BCUT2D eigenvalue weighted by Crippen LogP contribution is 2.36. The number of pyridine rings is 1. The van der Waals surface area contributed by atoms with Crippen molar-refractivity contribution in [1.29, 1.82) is 0 Å². The second-order valence-corrected chi connectivity index (χ2v) is 12.5. The van der Waals surface area contributed by atoms with Crippen LogP contribution >= 0.6 is 22.9 Å². The number of nitrogens with zero attached hydrogens (tertiary/aromatic N) is 2. The lowest BCUT2D eigenvalue weighted by Crippen LogP contribution is -2.21. The minimum atomic E-state index is -5.08. The first-order valence-corrected chi connectivity index (χ1v) is 15.1. The molecule has 0 spiro atoms.